The molecule has 18 heavy (non-hydrogen) atoms. The van der Waals surface area contributed by atoms with E-state index in [-0.39, 0.29) is 16.8 Å². The molecule has 2 rings (SSSR count). The molecule has 6 nitrogen and oxygen atoms in total. The average Bonchev–Trinajstić information content (AvgIpc) is 2.72. The van der Waals surface area contributed by atoms with E-state index in [2.05, 4.69) is 28.8 Å². The van der Waals surface area contributed by atoms with Gasteiger partial charge in [-0.3, -0.25) is 5.10 Å². The molecule has 1 saturated carbocycles. The van der Waals surface area contributed by atoms with Crippen LogP contribution in [-0.4, -0.2) is 24.7 Å². The van der Waals surface area contributed by atoms with Crippen molar-refractivity contribution < 1.29 is 8.42 Å². The number of nitrogens with one attached hydrogen (secondary N) is 2. The van der Waals surface area contributed by atoms with Gasteiger partial charge in [-0.25, -0.2) is 13.1 Å². The number of anilines is 1. The Hall–Kier alpha value is -1.08. The molecular weight excluding hydrogens is 252 g/mol. The van der Waals surface area contributed by atoms with Crippen molar-refractivity contribution in [3.8, 4) is 0 Å². The predicted molar refractivity (Wildman–Crippen MR) is 69.3 cm³/mol. The van der Waals surface area contributed by atoms with Gasteiger partial charge in [-0.1, -0.05) is 26.7 Å². The van der Waals surface area contributed by atoms with E-state index in [4.69, 9.17) is 5.73 Å². The summed E-state index contributed by atoms with van der Waals surface area (Å²) in [4.78, 5) is 0.0351. The van der Waals surface area contributed by atoms with Crippen LogP contribution < -0.4 is 10.5 Å². The van der Waals surface area contributed by atoms with E-state index < -0.39 is 10.0 Å². The van der Waals surface area contributed by atoms with Crippen LogP contribution in [0.4, 0.5) is 5.82 Å². The lowest BCUT2D eigenvalue weighted by molar-refractivity contribution is 0.227. The van der Waals surface area contributed by atoms with Crippen LogP contribution in [0.3, 0.4) is 0 Å². The lowest BCUT2D eigenvalue weighted by Crippen LogP contribution is -2.43. The van der Waals surface area contributed by atoms with Gasteiger partial charge in [0.2, 0.25) is 10.0 Å². The molecule has 1 heterocycles. The highest BCUT2D eigenvalue weighted by Crippen LogP contribution is 2.30. The number of aromatic amines is 1. The van der Waals surface area contributed by atoms with Crippen LogP contribution in [-0.2, 0) is 10.0 Å². The van der Waals surface area contributed by atoms with Crippen LogP contribution in [0.15, 0.2) is 11.1 Å². The van der Waals surface area contributed by atoms with Gasteiger partial charge in [0.1, 0.15) is 10.7 Å². The predicted octanol–water partition coefficient (Wildman–Crippen LogP) is 1.09. The van der Waals surface area contributed by atoms with E-state index in [9.17, 15) is 8.42 Å². The van der Waals surface area contributed by atoms with Crippen molar-refractivity contribution in [2.75, 3.05) is 5.73 Å². The first-order chi connectivity index (χ1) is 8.42. The van der Waals surface area contributed by atoms with Gasteiger partial charge in [-0.2, -0.15) is 5.10 Å². The lowest BCUT2D eigenvalue weighted by Gasteiger charge is -2.34. The first kappa shape index (κ1) is 13.4. The number of H-pyrrole nitrogens is 1. The van der Waals surface area contributed by atoms with Crippen LogP contribution in [0.2, 0.25) is 0 Å². The zero-order valence-electron chi connectivity index (χ0n) is 10.7. The maximum absolute atomic E-state index is 12.2. The summed E-state index contributed by atoms with van der Waals surface area (Å²) in [5, 5.41) is 6.09. The van der Waals surface area contributed by atoms with E-state index in [1.165, 1.54) is 6.20 Å². The Morgan fingerprint density at radius 3 is 2.78 bits per heavy atom. The van der Waals surface area contributed by atoms with E-state index >= 15 is 0 Å². The summed E-state index contributed by atoms with van der Waals surface area (Å²) in [7, 11) is -3.57. The fourth-order valence-corrected chi connectivity index (χ4v) is 3.90. The molecule has 0 saturated heterocycles. The molecule has 3 unspecified atom stereocenters. The van der Waals surface area contributed by atoms with E-state index in [0.717, 1.165) is 19.3 Å². The first-order valence-electron chi connectivity index (χ1n) is 6.23. The molecule has 0 spiro atoms. The van der Waals surface area contributed by atoms with E-state index in [1.807, 2.05) is 0 Å². The maximum atomic E-state index is 12.2. The lowest BCUT2D eigenvalue weighted by atomic mass is 9.78. The van der Waals surface area contributed by atoms with Crippen LogP contribution in [0.25, 0.3) is 0 Å². The molecule has 1 aromatic rings. The van der Waals surface area contributed by atoms with Crippen molar-refractivity contribution in [3.63, 3.8) is 0 Å². The van der Waals surface area contributed by atoms with Gasteiger partial charge in [-0.05, 0) is 18.3 Å². The normalized spacial score (nSPS) is 29.3. The molecule has 0 radical (unpaired) electrons. The summed E-state index contributed by atoms with van der Waals surface area (Å²) in [6, 6.07) is -0.0203. The Labute approximate surface area is 107 Å². The molecule has 1 fully saturated rings. The number of nitrogens with two attached hydrogens (primary N) is 1. The Morgan fingerprint density at radius 1 is 1.44 bits per heavy atom. The zero-order valence-corrected chi connectivity index (χ0v) is 11.5. The number of rotatable bonds is 3. The molecule has 3 atom stereocenters. The molecule has 1 aliphatic rings. The molecule has 0 aromatic carbocycles. The highest BCUT2D eigenvalue weighted by molar-refractivity contribution is 7.89. The summed E-state index contributed by atoms with van der Waals surface area (Å²) < 4.78 is 27.1. The third-order valence-electron chi connectivity index (χ3n) is 3.94. The maximum Gasteiger partial charge on any atom is 0.246 e. The highest BCUT2D eigenvalue weighted by Gasteiger charge is 2.31. The molecule has 1 aromatic heterocycles. The van der Waals surface area contributed by atoms with Crippen molar-refractivity contribution >= 4 is 15.8 Å². The Balaban J connectivity index is 2.16. The van der Waals surface area contributed by atoms with Crippen LogP contribution in [0, 0.1) is 11.8 Å². The van der Waals surface area contributed by atoms with Gasteiger partial charge in [0.25, 0.3) is 0 Å². The van der Waals surface area contributed by atoms with Crippen molar-refractivity contribution in [1.29, 1.82) is 0 Å². The number of sulfonamides is 1. The Bertz CT molecular complexity index is 511. The number of hydrogen-bond acceptors (Lipinski definition) is 4. The number of nitrogens with zero attached hydrogens (tertiary/aromatic N) is 1. The fraction of sp³-hybridized carbons (Fsp3) is 0.727. The van der Waals surface area contributed by atoms with Gasteiger partial charge >= 0.3 is 0 Å². The summed E-state index contributed by atoms with van der Waals surface area (Å²) in [5.41, 5.74) is 5.56. The third-order valence-corrected chi connectivity index (χ3v) is 5.45. The van der Waals surface area contributed by atoms with Gasteiger partial charge in [0, 0.05) is 6.04 Å². The molecular formula is C11H20N4O2S. The summed E-state index contributed by atoms with van der Waals surface area (Å²) in [6.07, 6.45) is 4.34. The number of hydrogen-bond donors (Lipinski definition) is 3. The second-order valence-corrected chi connectivity index (χ2v) is 6.83. The molecule has 7 heteroatoms. The molecule has 4 N–H and O–H groups in total. The van der Waals surface area contributed by atoms with Gasteiger partial charge in [0.05, 0.1) is 6.20 Å². The quantitative estimate of drug-likeness (QED) is 0.766. The molecule has 0 amide bonds. The number of nitrogen functional groups attached to an aromatic ring is 1. The smallest absolute Gasteiger partial charge is 0.246 e. The second-order valence-electron chi connectivity index (χ2n) is 5.14. The van der Waals surface area contributed by atoms with Crippen molar-refractivity contribution in [2.24, 2.45) is 11.8 Å². The van der Waals surface area contributed by atoms with Crippen molar-refractivity contribution in [1.82, 2.24) is 14.9 Å². The Morgan fingerprint density at radius 2 is 2.17 bits per heavy atom. The minimum absolute atomic E-state index is 0.0203. The van der Waals surface area contributed by atoms with E-state index in [0.29, 0.717) is 11.8 Å². The van der Waals surface area contributed by atoms with Gasteiger partial charge in [-0.15, -0.1) is 0 Å². The highest BCUT2D eigenvalue weighted by atomic mass is 32.2. The minimum Gasteiger partial charge on any atom is -0.383 e. The topological polar surface area (TPSA) is 101 Å². The third kappa shape index (κ3) is 2.51. The number of aromatic nitrogens is 2. The monoisotopic (exact) mass is 272 g/mol. The average molecular weight is 272 g/mol. The van der Waals surface area contributed by atoms with Crippen molar-refractivity contribution in [2.45, 2.75) is 44.0 Å². The SMILES string of the molecule is CC1CCCC(NS(=O)(=O)c2cn[nH]c2N)C1C. The van der Waals surface area contributed by atoms with Crippen LogP contribution in [0.1, 0.15) is 33.1 Å². The fourth-order valence-electron chi connectivity index (χ4n) is 2.51. The molecule has 102 valence electrons. The summed E-state index contributed by atoms with van der Waals surface area (Å²) >= 11 is 0. The summed E-state index contributed by atoms with van der Waals surface area (Å²) in [6.45, 7) is 4.26. The van der Waals surface area contributed by atoms with Crippen LogP contribution >= 0.6 is 0 Å². The Kier molecular flexibility index (Phi) is 3.63. The zero-order chi connectivity index (χ0) is 13.3. The largest absolute Gasteiger partial charge is 0.383 e. The molecule has 0 aliphatic heterocycles. The van der Waals surface area contributed by atoms with Gasteiger partial charge < -0.3 is 5.73 Å². The second kappa shape index (κ2) is 4.89. The first-order valence-corrected chi connectivity index (χ1v) is 7.71. The van der Waals surface area contributed by atoms with Crippen LogP contribution in [0.5, 0.6) is 0 Å². The summed E-state index contributed by atoms with van der Waals surface area (Å²) in [5.74, 6) is 0.953. The minimum atomic E-state index is -3.57. The standard InChI is InChI=1S/C11H20N4O2S/c1-7-4-3-5-9(8(7)2)15-18(16,17)10-6-13-14-11(10)12/h6-9,15H,3-5H2,1-2H3,(H3,12,13,14). The van der Waals surface area contributed by atoms with Gasteiger partial charge in [0.15, 0.2) is 0 Å². The van der Waals surface area contributed by atoms with E-state index in [1.54, 1.807) is 0 Å². The molecule has 1 aliphatic carbocycles. The van der Waals surface area contributed by atoms with Crippen molar-refractivity contribution in [3.05, 3.63) is 6.20 Å². The molecule has 0 bridgehead atoms.